The Balaban J connectivity index is 1.53. The van der Waals surface area contributed by atoms with Gasteiger partial charge in [0, 0.05) is 43.5 Å². The van der Waals surface area contributed by atoms with Crippen molar-refractivity contribution in [3.05, 3.63) is 35.4 Å². The van der Waals surface area contributed by atoms with Crippen LogP contribution in [0.5, 0.6) is 0 Å². The standard InChI is InChI=1S/C18H26N2O3S2/c1-2-24-13-15-3-5-16(6-4-15)18(21)20-10-8-19(9-11-20)17-7-12-25(22,23)14-17/h3-6,17H,2,7-14H2,1H3. The van der Waals surface area contributed by atoms with Crippen molar-refractivity contribution in [3.8, 4) is 0 Å². The van der Waals surface area contributed by atoms with E-state index < -0.39 is 9.84 Å². The molecule has 1 amide bonds. The minimum Gasteiger partial charge on any atom is -0.336 e. The molecular weight excluding hydrogens is 356 g/mol. The van der Waals surface area contributed by atoms with Crippen LogP contribution in [0.4, 0.5) is 0 Å². The highest BCUT2D eigenvalue weighted by atomic mass is 32.2. The number of hydrogen-bond acceptors (Lipinski definition) is 5. The van der Waals surface area contributed by atoms with E-state index in [0.717, 1.165) is 36.6 Å². The molecule has 2 saturated heterocycles. The number of carbonyl (C=O) groups is 1. The van der Waals surface area contributed by atoms with Crippen LogP contribution >= 0.6 is 11.8 Å². The predicted molar refractivity (Wildman–Crippen MR) is 103 cm³/mol. The Bertz CT molecular complexity index is 696. The van der Waals surface area contributed by atoms with Gasteiger partial charge in [0.2, 0.25) is 0 Å². The highest BCUT2D eigenvalue weighted by Gasteiger charge is 2.34. The molecule has 138 valence electrons. The van der Waals surface area contributed by atoms with E-state index in [1.165, 1.54) is 5.56 Å². The van der Waals surface area contributed by atoms with Gasteiger partial charge < -0.3 is 4.90 Å². The van der Waals surface area contributed by atoms with Crippen molar-refractivity contribution < 1.29 is 13.2 Å². The Morgan fingerprint density at radius 2 is 1.84 bits per heavy atom. The number of sulfone groups is 1. The van der Waals surface area contributed by atoms with Gasteiger partial charge in [0.1, 0.15) is 0 Å². The van der Waals surface area contributed by atoms with Crippen molar-refractivity contribution in [2.75, 3.05) is 43.4 Å². The summed E-state index contributed by atoms with van der Waals surface area (Å²) in [6, 6.07) is 8.05. The molecule has 0 aliphatic carbocycles. The molecule has 0 bridgehead atoms. The number of nitrogens with zero attached hydrogens (tertiary/aromatic N) is 2. The van der Waals surface area contributed by atoms with Gasteiger partial charge in [-0.15, -0.1) is 0 Å². The Morgan fingerprint density at radius 3 is 2.40 bits per heavy atom. The summed E-state index contributed by atoms with van der Waals surface area (Å²) in [4.78, 5) is 16.8. The van der Waals surface area contributed by atoms with Gasteiger partial charge in [-0.05, 0) is 29.9 Å². The number of piperazine rings is 1. The molecule has 3 rings (SSSR count). The third-order valence-electron chi connectivity index (χ3n) is 5.00. The molecule has 2 aliphatic rings. The number of rotatable bonds is 5. The fraction of sp³-hybridized carbons (Fsp3) is 0.611. The van der Waals surface area contributed by atoms with Gasteiger partial charge in [0.05, 0.1) is 11.5 Å². The predicted octanol–water partition coefficient (Wildman–Crippen LogP) is 1.88. The molecule has 1 aromatic carbocycles. The first kappa shape index (κ1) is 18.7. The largest absolute Gasteiger partial charge is 0.336 e. The second-order valence-electron chi connectivity index (χ2n) is 6.72. The molecule has 0 N–H and O–H groups in total. The van der Waals surface area contributed by atoms with Crippen LogP contribution in [0.25, 0.3) is 0 Å². The first-order valence-corrected chi connectivity index (χ1v) is 11.9. The van der Waals surface area contributed by atoms with Gasteiger partial charge in [-0.25, -0.2) is 8.42 Å². The van der Waals surface area contributed by atoms with Crippen molar-refractivity contribution in [1.29, 1.82) is 0 Å². The summed E-state index contributed by atoms with van der Waals surface area (Å²) in [6.07, 6.45) is 0.730. The minimum atomic E-state index is -2.85. The average Bonchev–Trinajstić information content (AvgIpc) is 3.00. The smallest absolute Gasteiger partial charge is 0.253 e. The maximum absolute atomic E-state index is 12.7. The average molecular weight is 383 g/mol. The molecule has 2 heterocycles. The van der Waals surface area contributed by atoms with E-state index in [1.54, 1.807) is 0 Å². The fourth-order valence-corrected chi connectivity index (χ4v) is 5.89. The molecular formula is C18H26N2O3S2. The fourth-order valence-electron chi connectivity index (χ4n) is 3.50. The molecule has 0 spiro atoms. The molecule has 1 unspecified atom stereocenters. The molecule has 2 aliphatic heterocycles. The highest BCUT2D eigenvalue weighted by molar-refractivity contribution is 7.98. The zero-order valence-corrected chi connectivity index (χ0v) is 16.3. The van der Waals surface area contributed by atoms with Crippen LogP contribution in [0.3, 0.4) is 0 Å². The van der Waals surface area contributed by atoms with Crippen LogP contribution in [-0.4, -0.2) is 73.6 Å². The maximum Gasteiger partial charge on any atom is 0.253 e. The summed E-state index contributed by atoms with van der Waals surface area (Å²) < 4.78 is 23.3. The van der Waals surface area contributed by atoms with Gasteiger partial charge in [0.15, 0.2) is 9.84 Å². The number of amides is 1. The highest BCUT2D eigenvalue weighted by Crippen LogP contribution is 2.20. The Kier molecular flexibility index (Phi) is 6.07. The van der Waals surface area contributed by atoms with Gasteiger partial charge in [-0.1, -0.05) is 19.1 Å². The van der Waals surface area contributed by atoms with Crippen LogP contribution < -0.4 is 0 Å². The molecule has 0 saturated carbocycles. The lowest BCUT2D eigenvalue weighted by molar-refractivity contribution is 0.0588. The van der Waals surface area contributed by atoms with Crippen molar-refractivity contribution >= 4 is 27.5 Å². The van der Waals surface area contributed by atoms with Crippen LogP contribution in [0.1, 0.15) is 29.3 Å². The number of hydrogen-bond donors (Lipinski definition) is 0. The lowest BCUT2D eigenvalue weighted by Crippen LogP contribution is -2.52. The van der Waals surface area contributed by atoms with E-state index >= 15 is 0 Å². The van der Waals surface area contributed by atoms with Crippen LogP contribution in [0, 0.1) is 0 Å². The number of benzene rings is 1. The van der Waals surface area contributed by atoms with E-state index in [2.05, 4.69) is 11.8 Å². The zero-order chi connectivity index (χ0) is 17.9. The van der Waals surface area contributed by atoms with E-state index in [-0.39, 0.29) is 17.7 Å². The SMILES string of the molecule is CCSCc1ccc(C(=O)N2CCN(C3CCS(=O)(=O)C3)CC2)cc1. The van der Waals surface area contributed by atoms with E-state index in [0.29, 0.717) is 18.8 Å². The lowest BCUT2D eigenvalue weighted by Gasteiger charge is -2.37. The van der Waals surface area contributed by atoms with Gasteiger partial charge in [-0.2, -0.15) is 11.8 Å². The van der Waals surface area contributed by atoms with E-state index in [9.17, 15) is 13.2 Å². The van der Waals surface area contributed by atoms with Crippen molar-refractivity contribution in [2.24, 2.45) is 0 Å². The van der Waals surface area contributed by atoms with E-state index in [1.807, 2.05) is 40.9 Å². The summed E-state index contributed by atoms with van der Waals surface area (Å²) in [5.74, 6) is 2.73. The topological polar surface area (TPSA) is 57.7 Å². The summed E-state index contributed by atoms with van der Waals surface area (Å²) in [6.45, 7) is 5.00. The Labute approximate surface area is 154 Å². The molecule has 1 atom stereocenters. The van der Waals surface area contributed by atoms with Crippen LogP contribution in [0.2, 0.25) is 0 Å². The minimum absolute atomic E-state index is 0.0772. The zero-order valence-electron chi connectivity index (χ0n) is 14.7. The number of carbonyl (C=O) groups excluding carboxylic acids is 1. The molecule has 7 heteroatoms. The summed E-state index contributed by atoms with van der Waals surface area (Å²) in [5.41, 5.74) is 1.98. The van der Waals surface area contributed by atoms with E-state index in [4.69, 9.17) is 0 Å². The quantitative estimate of drug-likeness (QED) is 0.778. The normalized spacial score (nSPS) is 23.7. The Hall–Kier alpha value is -1.05. The molecule has 5 nitrogen and oxygen atoms in total. The number of thioether (sulfide) groups is 1. The van der Waals surface area contributed by atoms with Gasteiger partial charge >= 0.3 is 0 Å². The summed E-state index contributed by atoms with van der Waals surface area (Å²) in [5, 5.41) is 0. The second kappa shape index (κ2) is 8.10. The summed E-state index contributed by atoms with van der Waals surface area (Å²) in [7, 11) is -2.85. The molecule has 0 aromatic heterocycles. The molecule has 1 aromatic rings. The van der Waals surface area contributed by atoms with Crippen molar-refractivity contribution in [3.63, 3.8) is 0 Å². The lowest BCUT2D eigenvalue weighted by atomic mass is 10.1. The first-order chi connectivity index (χ1) is 12.0. The maximum atomic E-state index is 12.7. The monoisotopic (exact) mass is 382 g/mol. The van der Waals surface area contributed by atoms with Gasteiger partial charge in [0.25, 0.3) is 5.91 Å². The van der Waals surface area contributed by atoms with Gasteiger partial charge in [-0.3, -0.25) is 9.69 Å². The van der Waals surface area contributed by atoms with Crippen molar-refractivity contribution in [1.82, 2.24) is 9.80 Å². The van der Waals surface area contributed by atoms with Crippen molar-refractivity contribution in [2.45, 2.75) is 25.1 Å². The third-order valence-corrected chi connectivity index (χ3v) is 7.70. The third kappa shape index (κ3) is 4.77. The Morgan fingerprint density at radius 1 is 1.16 bits per heavy atom. The second-order valence-corrected chi connectivity index (χ2v) is 10.2. The summed E-state index contributed by atoms with van der Waals surface area (Å²) >= 11 is 1.87. The molecule has 0 radical (unpaired) electrons. The molecule has 2 fully saturated rings. The van der Waals surface area contributed by atoms with Crippen LogP contribution in [0.15, 0.2) is 24.3 Å². The van der Waals surface area contributed by atoms with Crippen LogP contribution in [-0.2, 0) is 15.6 Å². The molecule has 25 heavy (non-hydrogen) atoms. The first-order valence-electron chi connectivity index (χ1n) is 8.89.